The first-order valence-corrected chi connectivity index (χ1v) is 5.16. The van der Waals surface area contributed by atoms with Crippen LogP contribution in [0.25, 0.3) is 0 Å². The van der Waals surface area contributed by atoms with Gasteiger partial charge < -0.3 is 5.11 Å². The molecule has 2 N–H and O–H groups in total. The van der Waals surface area contributed by atoms with E-state index >= 15 is 0 Å². The lowest BCUT2D eigenvalue weighted by atomic mass is 10.1. The van der Waals surface area contributed by atoms with Crippen LogP contribution in [0.2, 0.25) is 0 Å². The Hall–Kier alpha value is -0.900. The van der Waals surface area contributed by atoms with Crippen LogP contribution in [-0.2, 0) is 9.59 Å². The minimum absolute atomic E-state index is 0.160. The van der Waals surface area contributed by atoms with E-state index in [2.05, 4.69) is 5.32 Å². The van der Waals surface area contributed by atoms with Crippen LogP contribution in [0.4, 0.5) is 0 Å². The molecule has 2 atom stereocenters. The Morgan fingerprint density at radius 2 is 2.43 bits per heavy atom. The Labute approximate surface area is 83.7 Å². The molecule has 0 aliphatic heterocycles. The van der Waals surface area contributed by atoms with E-state index in [4.69, 9.17) is 5.11 Å². The van der Waals surface area contributed by atoms with Gasteiger partial charge in [-0.15, -0.1) is 0 Å². The number of carbonyl (C=O) groups excluding carboxylic acids is 1. The Morgan fingerprint density at radius 3 is 2.86 bits per heavy atom. The zero-order valence-corrected chi connectivity index (χ0v) is 8.45. The highest BCUT2D eigenvalue weighted by Gasteiger charge is 2.28. The lowest BCUT2D eigenvalue weighted by molar-refractivity contribution is -0.140. The van der Waals surface area contributed by atoms with Crippen molar-refractivity contribution in [3.8, 4) is 0 Å². The molecule has 4 heteroatoms. The van der Waals surface area contributed by atoms with E-state index in [1.807, 2.05) is 6.92 Å². The molecule has 1 unspecified atom stereocenters. The second-order valence-corrected chi connectivity index (χ2v) is 3.76. The number of hydrogen-bond donors (Lipinski definition) is 2. The second kappa shape index (κ2) is 5.10. The van der Waals surface area contributed by atoms with Crippen LogP contribution in [0.3, 0.4) is 0 Å². The van der Waals surface area contributed by atoms with E-state index < -0.39 is 12.0 Å². The normalized spacial score (nSPS) is 23.8. The second-order valence-electron chi connectivity index (χ2n) is 3.76. The predicted molar refractivity (Wildman–Crippen MR) is 52.1 cm³/mol. The summed E-state index contributed by atoms with van der Waals surface area (Å²) in [6.45, 7) is 1.94. The first-order valence-electron chi connectivity index (χ1n) is 5.16. The van der Waals surface area contributed by atoms with Crippen molar-refractivity contribution in [2.75, 3.05) is 0 Å². The van der Waals surface area contributed by atoms with Gasteiger partial charge in [-0.25, -0.2) is 0 Å². The first-order chi connectivity index (χ1) is 6.65. The van der Waals surface area contributed by atoms with Crippen molar-refractivity contribution in [3.05, 3.63) is 0 Å². The van der Waals surface area contributed by atoms with Crippen molar-refractivity contribution in [2.45, 2.75) is 51.1 Å². The summed E-state index contributed by atoms with van der Waals surface area (Å²) in [5, 5.41) is 11.8. The number of Topliss-reactive ketones (excluding diaryl/α,β-unsaturated/α-hetero) is 1. The fourth-order valence-corrected chi connectivity index (χ4v) is 1.80. The third-order valence-electron chi connectivity index (χ3n) is 2.58. The van der Waals surface area contributed by atoms with Gasteiger partial charge >= 0.3 is 5.97 Å². The van der Waals surface area contributed by atoms with Gasteiger partial charge in [0.2, 0.25) is 0 Å². The summed E-state index contributed by atoms with van der Waals surface area (Å²) in [7, 11) is 0. The van der Waals surface area contributed by atoms with Gasteiger partial charge in [-0.05, 0) is 19.3 Å². The minimum atomic E-state index is -0.855. The molecule has 1 aliphatic carbocycles. The van der Waals surface area contributed by atoms with Crippen LogP contribution >= 0.6 is 0 Å². The van der Waals surface area contributed by atoms with Gasteiger partial charge in [-0.3, -0.25) is 14.9 Å². The highest BCUT2D eigenvalue weighted by molar-refractivity contribution is 5.86. The fourth-order valence-electron chi connectivity index (χ4n) is 1.80. The minimum Gasteiger partial charge on any atom is -0.480 e. The van der Waals surface area contributed by atoms with Crippen molar-refractivity contribution in [2.24, 2.45) is 0 Å². The van der Waals surface area contributed by atoms with Gasteiger partial charge in [-0.1, -0.05) is 13.3 Å². The SMILES string of the molecule is CCC[C@H](NC1CCCC1=O)C(=O)O. The average molecular weight is 199 g/mol. The summed E-state index contributed by atoms with van der Waals surface area (Å²) < 4.78 is 0. The molecule has 0 heterocycles. The standard InChI is InChI=1S/C10H17NO3/c1-2-4-8(10(13)14)11-7-5-3-6-9(7)12/h7-8,11H,2-6H2,1H3,(H,13,14)/t7?,8-/m0/s1. The largest absolute Gasteiger partial charge is 0.480 e. The van der Waals surface area contributed by atoms with Crippen molar-refractivity contribution in [1.82, 2.24) is 5.32 Å². The average Bonchev–Trinajstić information content (AvgIpc) is 2.51. The molecule has 0 aromatic heterocycles. The fraction of sp³-hybridized carbons (Fsp3) is 0.800. The van der Waals surface area contributed by atoms with E-state index in [1.54, 1.807) is 0 Å². The molecular weight excluding hydrogens is 182 g/mol. The van der Waals surface area contributed by atoms with Crippen LogP contribution in [0.1, 0.15) is 39.0 Å². The van der Waals surface area contributed by atoms with E-state index in [-0.39, 0.29) is 11.8 Å². The van der Waals surface area contributed by atoms with E-state index in [9.17, 15) is 9.59 Å². The van der Waals surface area contributed by atoms with Crippen molar-refractivity contribution >= 4 is 11.8 Å². The van der Waals surface area contributed by atoms with Crippen LogP contribution in [0.5, 0.6) is 0 Å². The molecule has 0 amide bonds. The highest BCUT2D eigenvalue weighted by Crippen LogP contribution is 2.15. The number of carbonyl (C=O) groups is 2. The van der Waals surface area contributed by atoms with Crippen LogP contribution in [0.15, 0.2) is 0 Å². The Bertz CT molecular complexity index is 227. The molecule has 80 valence electrons. The van der Waals surface area contributed by atoms with Gasteiger partial charge in [0.25, 0.3) is 0 Å². The number of rotatable bonds is 5. The summed E-state index contributed by atoms with van der Waals surface area (Å²) in [5.74, 6) is -0.695. The van der Waals surface area contributed by atoms with E-state index in [0.29, 0.717) is 12.8 Å². The third kappa shape index (κ3) is 2.80. The summed E-state index contributed by atoms with van der Waals surface area (Å²) >= 11 is 0. The van der Waals surface area contributed by atoms with E-state index in [1.165, 1.54) is 0 Å². The van der Waals surface area contributed by atoms with Crippen LogP contribution < -0.4 is 5.32 Å². The maximum absolute atomic E-state index is 11.3. The van der Waals surface area contributed by atoms with Crippen molar-refractivity contribution in [3.63, 3.8) is 0 Å². The molecule has 0 aromatic carbocycles. The molecule has 0 spiro atoms. The summed E-state index contributed by atoms with van der Waals surface area (Å²) in [4.78, 5) is 22.1. The van der Waals surface area contributed by atoms with Gasteiger partial charge in [0.15, 0.2) is 0 Å². The molecule has 1 rings (SSSR count). The number of ketones is 1. The molecule has 1 fully saturated rings. The number of hydrogen-bond acceptors (Lipinski definition) is 3. The number of carboxylic acid groups (broad SMARTS) is 1. The molecule has 1 aliphatic rings. The van der Waals surface area contributed by atoms with Gasteiger partial charge in [0, 0.05) is 6.42 Å². The molecule has 0 radical (unpaired) electrons. The molecule has 1 saturated carbocycles. The smallest absolute Gasteiger partial charge is 0.320 e. The molecule has 0 saturated heterocycles. The lowest BCUT2D eigenvalue weighted by Crippen LogP contribution is -2.45. The molecular formula is C10H17NO3. The van der Waals surface area contributed by atoms with Gasteiger partial charge in [0.05, 0.1) is 6.04 Å². The van der Waals surface area contributed by atoms with Crippen LogP contribution in [-0.4, -0.2) is 28.9 Å². The molecule has 0 bridgehead atoms. The van der Waals surface area contributed by atoms with Gasteiger partial charge in [0.1, 0.15) is 11.8 Å². The molecule has 0 aromatic rings. The number of nitrogens with one attached hydrogen (secondary N) is 1. The predicted octanol–water partition coefficient (Wildman–Crippen LogP) is 0.951. The quantitative estimate of drug-likeness (QED) is 0.692. The number of aliphatic carboxylic acids is 1. The van der Waals surface area contributed by atoms with Crippen LogP contribution in [0, 0.1) is 0 Å². The van der Waals surface area contributed by atoms with E-state index in [0.717, 1.165) is 19.3 Å². The maximum atomic E-state index is 11.3. The molecule has 4 nitrogen and oxygen atoms in total. The van der Waals surface area contributed by atoms with Gasteiger partial charge in [-0.2, -0.15) is 0 Å². The van der Waals surface area contributed by atoms with Crippen molar-refractivity contribution < 1.29 is 14.7 Å². The third-order valence-corrected chi connectivity index (χ3v) is 2.58. The topological polar surface area (TPSA) is 66.4 Å². The zero-order chi connectivity index (χ0) is 10.6. The Balaban J connectivity index is 2.46. The highest BCUT2D eigenvalue weighted by atomic mass is 16.4. The summed E-state index contributed by atoms with van der Waals surface area (Å²) in [6.07, 6.45) is 3.65. The first kappa shape index (κ1) is 11.2. The molecule has 14 heavy (non-hydrogen) atoms. The maximum Gasteiger partial charge on any atom is 0.320 e. The van der Waals surface area contributed by atoms with Crippen molar-refractivity contribution in [1.29, 1.82) is 0 Å². The lowest BCUT2D eigenvalue weighted by Gasteiger charge is -2.17. The Morgan fingerprint density at radius 1 is 1.71 bits per heavy atom. The summed E-state index contributed by atoms with van der Waals surface area (Å²) in [5.41, 5.74) is 0. The number of carboxylic acids is 1. The monoisotopic (exact) mass is 199 g/mol. The summed E-state index contributed by atoms with van der Waals surface area (Å²) in [6, 6.07) is -0.783. The zero-order valence-electron chi connectivity index (χ0n) is 8.45. The Kier molecular flexibility index (Phi) is 4.07.